The molecule has 0 bridgehead atoms. The maximum atomic E-state index is 12.0. The summed E-state index contributed by atoms with van der Waals surface area (Å²) in [5, 5.41) is 23.2. The Morgan fingerprint density at radius 2 is 1.14 bits per heavy atom. The third-order valence-corrected chi connectivity index (χ3v) is 6.16. The summed E-state index contributed by atoms with van der Waals surface area (Å²) < 4.78 is 3.58. The van der Waals surface area contributed by atoms with Gasteiger partial charge in [0.2, 0.25) is 0 Å². The van der Waals surface area contributed by atoms with Crippen molar-refractivity contribution in [3.63, 3.8) is 0 Å². The van der Waals surface area contributed by atoms with Crippen LogP contribution in [0.15, 0.2) is 84.9 Å². The third-order valence-electron chi connectivity index (χ3n) is 6.16. The highest BCUT2D eigenvalue weighted by atomic mass is 16.6. The minimum absolute atomic E-state index is 0.0278. The highest BCUT2D eigenvalue weighted by molar-refractivity contribution is 6.11. The number of hydrogen-bond donors (Lipinski definition) is 0. The van der Waals surface area contributed by atoms with Gasteiger partial charge in [0.25, 0.3) is 5.69 Å². The van der Waals surface area contributed by atoms with Crippen LogP contribution in [-0.2, 0) is 0 Å². The second-order valence-electron chi connectivity index (χ2n) is 8.32. The van der Waals surface area contributed by atoms with E-state index in [2.05, 4.69) is 0 Å². The smallest absolute Gasteiger partial charge is 0.258 e. The van der Waals surface area contributed by atoms with E-state index in [-0.39, 0.29) is 10.6 Å². The molecule has 0 atom stereocenters. The standard InChI is InChI=1S/C27H20N6O2/c1-17-23-25(21-15-9-10-16-22(21)33(34)35)24-18(2)30-32(20-13-7-4-8-14-20)27(24)28-26(23)31(29-17)19-11-5-3-6-12-19/h3-16H,1-2H3. The summed E-state index contributed by atoms with van der Waals surface area (Å²) in [6.07, 6.45) is 0. The van der Waals surface area contributed by atoms with Crippen LogP contribution in [0.25, 0.3) is 44.6 Å². The largest absolute Gasteiger partial charge is 0.277 e. The number of nitrogens with zero attached hydrogens (tertiary/aromatic N) is 6. The maximum Gasteiger partial charge on any atom is 0.277 e. The fourth-order valence-corrected chi connectivity index (χ4v) is 4.66. The number of rotatable bonds is 4. The van der Waals surface area contributed by atoms with Crippen LogP contribution in [0, 0.1) is 24.0 Å². The van der Waals surface area contributed by atoms with E-state index in [0.29, 0.717) is 16.9 Å². The predicted octanol–water partition coefficient (Wildman–Crippen LogP) is 5.95. The summed E-state index contributed by atoms with van der Waals surface area (Å²) in [5.41, 5.74) is 5.68. The molecule has 0 radical (unpaired) electrons. The SMILES string of the molecule is Cc1nn(-c2ccccc2)c2nc3c(c(C)nn3-c3ccccc3)c(-c3ccccc3[N+](=O)[O-])c12. The lowest BCUT2D eigenvalue weighted by atomic mass is 9.96. The molecule has 8 nitrogen and oxygen atoms in total. The Bertz CT molecular complexity index is 1640. The van der Waals surface area contributed by atoms with Gasteiger partial charge in [0.15, 0.2) is 11.3 Å². The average molecular weight is 460 g/mol. The number of fused-ring (bicyclic) bond motifs is 2. The van der Waals surface area contributed by atoms with E-state index in [4.69, 9.17) is 15.2 Å². The Morgan fingerprint density at radius 3 is 1.63 bits per heavy atom. The molecule has 3 aromatic heterocycles. The first-order chi connectivity index (χ1) is 17.0. The Balaban J connectivity index is 1.83. The van der Waals surface area contributed by atoms with Gasteiger partial charge in [-0.25, -0.2) is 14.3 Å². The normalized spacial score (nSPS) is 11.4. The monoisotopic (exact) mass is 460 g/mol. The van der Waals surface area contributed by atoms with Crippen LogP contribution in [0.5, 0.6) is 0 Å². The number of nitro benzene ring substituents is 1. The van der Waals surface area contributed by atoms with Gasteiger partial charge < -0.3 is 0 Å². The van der Waals surface area contributed by atoms with E-state index in [0.717, 1.165) is 39.1 Å². The van der Waals surface area contributed by atoms with Gasteiger partial charge in [-0.1, -0.05) is 48.5 Å². The molecule has 0 amide bonds. The first-order valence-corrected chi connectivity index (χ1v) is 11.2. The van der Waals surface area contributed by atoms with Crippen LogP contribution in [0.1, 0.15) is 11.4 Å². The van der Waals surface area contributed by atoms with Crippen molar-refractivity contribution >= 4 is 27.8 Å². The van der Waals surface area contributed by atoms with Crippen molar-refractivity contribution in [3.05, 3.63) is 106 Å². The Hall–Kier alpha value is -4.85. The molecule has 0 spiro atoms. The Kier molecular flexibility index (Phi) is 4.67. The molecule has 0 unspecified atom stereocenters. The lowest BCUT2D eigenvalue weighted by Gasteiger charge is -2.10. The van der Waals surface area contributed by atoms with Crippen molar-refractivity contribution in [2.45, 2.75) is 13.8 Å². The van der Waals surface area contributed by atoms with Crippen molar-refractivity contribution in [2.24, 2.45) is 0 Å². The molecule has 0 fully saturated rings. The predicted molar refractivity (Wildman–Crippen MR) is 135 cm³/mol. The van der Waals surface area contributed by atoms with Crippen molar-refractivity contribution < 1.29 is 4.92 Å². The Morgan fingerprint density at radius 1 is 0.686 bits per heavy atom. The summed E-state index contributed by atoms with van der Waals surface area (Å²) >= 11 is 0. The molecule has 3 aromatic carbocycles. The molecular formula is C27H20N6O2. The first-order valence-electron chi connectivity index (χ1n) is 11.2. The summed E-state index contributed by atoms with van der Waals surface area (Å²) in [4.78, 5) is 16.8. The summed E-state index contributed by atoms with van der Waals surface area (Å²) in [5.74, 6) is 0. The number of para-hydroxylation sites is 3. The fraction of sp³-hybridized carbons (Fsp3) is 0.0741. The van der Waals surface area contributed by atoms with Crippen LogP contribution in [0.2, 0.25) is 0 Å². The van der Waals surface area contributed by atoms with Crippen molar-refractivity contribution in [2.75, 3.05) is 0 Å². The zero-order chi connectivity index (χ0) is 24.1. The van der Waals surface area contributed by atoms with Crippen molar-refractivity contribution in [3.8, 4) is 22.5 Å². The summed E-state index contributed by atoms with van der Waals surface area (Å²) in [6.45, 7) is 3.81. The molecule has 170 valence electrons. The van der Waals surface area contributed by atoms with Crippen molar-refractivity contribution in [1.29, 1.82) is 0 Å². The molecule has 0 saturated carbocycles. The summed E-state index contributed by atoms with van der Waals surface area (Å²) in [6, 6.07) is 26.3. The molecule has 35 heavy (non-hydrogen) atoms. The minimum atomic E-state index is -0.346. The number of pyridine rings is 1. The number of hydrogen-bond acceptors (Lipinski definition) is 5. The molecular weight excluding hydrogens is 440 g/mol. The van der Waals surface area contributed by atoms with Gasteiger partial charge in [-0.15, -0.1) is 0 Å². The zero-order valence-electron chi connectivity index (χ0n) is 19.1. The molecule has 8 heteroatoms. The number of aryl methyl sites for hydroxylation is 2. The highest BCUT2D eigenvalue weighted by Gasteiger charge is 2.27. The summed E-state index contributed by atoms with van der Waals surface area (Å²) in [7, 11) is 0. The minimum Gasteiger partial charge on any atom is -0.258 e. The van der Waals surface area contributed by atoms with Gasteiger partial charge in [0.05, 0.1) is 44.0 Å². The molecule has 3 heterocycles. The quantitative estimate of drug-likeness (QED) is 0.239. The zero-order valence-corrected chi connectivity index (χ0v) is 19.1. The van der Waals surface area contributed by atoms with E-state index in [1.165, 1.54) is 6.07 Å². The van der Waals surface area contributed by atoms with Gasteiger partial charge in [0.1, 0.15) is 0 Å². The van der Waals surface area contributed by atoms with E-state index in [1.54, 1.807) is 21.5 Å². The van der Waals surface area contributed by atoms with E-state index in [1.807, 2.05) is 80.6 Å². The topological polar surface area (TPSA) is 91.7 Å². The van der Waals surface area contributed by atoms with E-state index in [9.17, 15) is 10.1 Å². The second kappa shape index (κ2) is 7.88. The highest BCUT2D eigenvalue weighted by Crippen LogP contribution is 2.42. The lowest BCUT2D eigenvalue weighted by Crippen LogP contribution is -2.01. The number of aromatic nitrogens is 5. The van der Waals surface area contributed by atoms with Gasteiger partial charge in [-0.2, -0.15) is 10.2 Å². The average Bonchev–Trinajstić information content (AvgIpc) is 3.40. The fourth-order valence-electron chi connectivity index (χ4n) is 4.66. The molecule has 6 rings (SSSR count). The van der Waals surface area contributed by atoms with Crippen LogP contribution in [0.3, 0.4) is 0 Å². The molecule has 0 aliphatic heterocycles. The molecule has 0 N–H and O–H groups in total. The van der Waals surface area contributed by atoms with E-state index < -0.39 is 0 Å². The lowest BCUT2D eigenvalue weighted by molar-refractivity contribution is -0.384. The van der Waals surface area contributed by atoms with Crippen molar-refractivity contribution in [1.82, 2.24) is 24.5 Å². The third kappa shape index (κ3) is 3.18. The first kappa shape index (κ1) is 20.7. The molecule has 6 aromatic rings. The molecule has 0 aliphatic carbocycles. The second-order valence-corrected chi connectivity index (χ2v) is 8.32. The van der Waals surface area contributed by atoms with Gasteiger partial charge in [0, 0.05) is 11.6 Å². The van der Waals surface area contributed by atoms with Gasteiger partial charge >= 0.3 is 0 Å². The van der Waals surface area contributed by atoms with Crippen LogP contribution < -0.4 is 0 Å². The van der Waals surface area contributed by atoms with Gasteiger partial charge in [-0.3, -0.25) is 10.1 Å². The number of nitro groups is 1. The maximum absolute atomic E-state index is 12.0. The molecule has 0 aliphatic rings. The van der Waals surface area contributed by atoms with Crippen LogP contribution >= 0.6 is 0 Å². The van der Waals surface area contributed by atoms with Crippen LogP contribution in [0.4, 0.5) is 5.69 Å². The number of benzene rings is 3. The van der Waals surface area contributed by atoms with E-state index >= 15 is 0 Å². The Labute approximate surface area is 200 Å². The molecule has 0 saturated heterocycles. The van der Waals surface area contributed by atoms with Gasteiger partial charge in [-0.05, 0) is 44.2 Å². The van der Waals surface area contributed by atoms with Crippen LogP contribution in [-0.4, -0.2) is 29.5 Å².